The molecule has 0 radical (unpaired) electrons. The fourth-order valence-electron chi connectivity index (χ4n) is 3.81. The minimum atomic E-state index is 0.499. The molecule has 1 saturated heterocycles. The smallest absolute Gasteiger partial charge is 0.191 e. The van der Waals surface area contributed by atoms with Crippen LogP contribution in [0.15, 0.2) is 4.99 Å². The van der Waals surface area contributed by atoms with Gasteiger partial charge in [-0.3, -0.25) is 9.89 Å². The highest BCUT2D eigenvalue weighted by Gasteiger charge is 2.32. The van der Waals surface area contributed by atoms with Crippen LogP contribution in [-0.2, 0) is 0 Å². The summed E-state index contributed by atoms with van der Waals surface area (Å²) in [4.78, 5) is 9.26. The number of nitrogens with one attached hydrogen (secondary N) is 2. The second-order valence-corrected chi connectivity index (χ2v) is 7.26. The van der Waals surface area contributed by atoms with Gasteiger partial charge < -0.3 is 15.5 Å². The summed E-state index contributed by atoms with van der Waals surface area (Å²) in [6, 6.07) is 0.559. The second kappa shape index (κ2) is 8.16. The molecular formula is C17H35N5. The van der Waals surface area contributed by atoms with E-state index in [2.05, 4.69) is 46.4 Å². The Morgan fingerprint density at radius 2 is 1.91 bits per heavy atom. The molecule has 5 heteroatoms. The first kappa shape index (κ1) is 17.5. The fraction of sp³-hybridized carbons (Fsp3) is 0.941. The first-order valence-corrected chi connectivity index (χ1v) is 8.92. The van der Waals surface area contributed by atoms with Crippen molar-refractivity contribution in [1.82, 2.24) is 20.4 Å². The van der Waals surface area contributed by atoms with Crippen molar-refractivity contribution in [2.45, 2.75) is 45.1 Å². The van der Waals surface area contributed by atoms with Crippen LogP contribution >= 0.6 is 0 Å². The number of aliphatic imine (C=N–C) groups is 1. The highest BCUT2D eigenvalue weighted by Crippen LogP contribution is 2.40. The summed E-state index contributed by atoms with van der Waals surface area (Å²) in [7, 11) is 6.30. The monoisotopic (exact) mass is 309 g/mol. The number of piperazine rings is 1. The van der Waals surface area contributed by atoms with E-state index in [-0.39, 0.29) is 0 Å². The van der Waals surface area contributed by atoms with Crippen molar-refractivity contribution in [3.63, 3.8) is 0 Å². The van der Waals surface area contributed by atoms with Gasteiger partial charge in [-0.05, 0) is 38.8 Å². The molecule has 0 bridgehead atoms. The Morgan fingerprint density at radius 3 is 2.55 bits per heavy atom. The van der Waals surface area contributed by atoms with Gasteiger partial charge in [0.05, 0.1) is 0 Å². The van der Waals surface area contributed by atoms with Gasteiger partial charge in [-0.15, -0.1) is 0 Å². The largest absolute Gasteiger partial charge is 0.356 e. The van der Waals surface area contributed by atoms with Crippen molar-refractivity contribution in [1.29, 1.82) is 0 Å². The minimum absolute atomic E-state index is 0.499. The molecule has 128 valence electrons. The average molecular weight is 310 g/mol. The molecule has 1 heterocycles. The third-order valence-electron chi connectivity index (χ3n) is 5.75. The lowest BCUT2D eigenvalue weighted by molar-refractivity contribution is 0.116. The molecule has 2 N–H and O–H groups in total. The summed E-state index contributed by atoms with van der Waals surface area (Å²) in [5, 5.41) is 7.10. The van der Waals surface area contributed by atoms with Crippen molar-refractivity contribution in [3.8, 4) is 0 Å². The summed E-state index contributed by atoms with van der Waals surface area (Å²) in [6.45, 7) is 7.78. The third-order valence-corrected chi connectivity index (χ3v) is 5.75. The molecule has 0 spiro atoms. The van der Waals surface area contributed by atoms with Crippen LogP contribution in [0.2, 0.25) is 0 Å². The average Bonchev–Trinajstić information content (AvgIpc) is 3.00. The van der Waals surface area contributed by atoms with Gasteiger partial charge in [0.2, 0.25) is 0 Å². The van der Waals surface area contributed by atoms with Crippen LogP contribution in [-0.4, -0.2) is 75.7 Å². The van der Waals surface area contributed by atoms with E-state index in [4.69, 9.17) is 0 Å². The van der Waals surface area contributed by atoms with Crippen LogP contribution in [0.25, 0.3) is 0 Å². The van der Waals surface area contributed by atoms with Gasteiger partial charge in [0.15, 0.2) is 5.96 Å². The van der Waals surface area contributed by atoms with Crippen molar-refractivity contribution < 1.29 is 0 Å². The van der Waals surface area contributed by atoms with Gasteiger partial charge >= 0.3 is 0 Å². The number of hydrogen-bond donors (Lipinski definition) is 2. The lowest BCUT2D eigenvalue weighted by Gasteiger charge is -2.38. The molecule has 1 unspecified atom stereocenters. The molecule has 1 aliphatic carbocycles. The lowest BCUT2D eigenvalue weighted by atomic mass is 9.83. The number of nitrogens with zero attached hydrogens (tertiary/aromatic N) is 3. The zero-order chi connectivity index (χ0) is 16.0. The zero-order valence-corrected chi connectivity index (χ0v) is 15.0. The van der Waals surface area contributed by atoms with E-state index in [9.17, 15) is 0 Å². The van der Waals surface area contributed by atoms with Gasteiger partial charge in [-0.25, -0.2) is 0 Å². The predicted octanol–water partition coefficient (Wildman–Crippen LogP) is 1.37. The Morgan fingerprint density at radius 1 is 1.18 bits per heavy atom. The van der Waals surface area contributed by atoms with E-state index in [1.807, 2.05) is 7.05 Å². The number of hydrogen-bond acceptors (Lipinski definition) is 3. The standard InChI is InChI=1S/C17H35N5/c1-5-17(8-6-7-9-17)14-20-16(18-2)19-12-15-13-21(3)10-11-22(15)4/h15H,5-14H2,1-4H3,(H2,18,19,20). The van der Waals surface area contributed by atoms with E-state index in [0.717, 1.165) is 32.1 Å². The Kier molecular flexibility index (Phi) is 6.50. The highest BCUT2D eigenvalue weighted by molar-refractivity contribution is 5.79. The van der Waals surface area contributed by atoms with Gasteiger partial charge in [-0.2, -0.15) is 0 Å². The molecule has 2 fully saturated rings. The second-order valence-electron chi connectivity index (χ2n) is 7.26. The van der Waals surface area contributed by atoms with E-state index >= 15 is 0 Å². The van der Waals surface area contributed by atoms with E-state index < -0.39 is 0 Å². The molecule has 2 rings (SSSR count). The molecule has 0 aromatic rings. The highest BCUT2D eigenvalue weighted by atomic mass is 15.3. The zero-order valence-electron chi connectivity index (χ0n) is 15.0. The summed E-state index contributed by atoms with van der Waals surface area (Å²) < 4.78 is 0. The molecule has 2 aliphatic rings. The van der Waals surface area contributed by atoms with Gasteiger partial charge in [0, 0.05) is 45.8 Å². The maximum absolute atomic E-state index is 4.41. The molecule has 0 aromatic carbocycles. The van der Waals surface area contributed by atoms with Crippen LogP contribution in [0.4, 0.5) is 0 Å². The van der Waals surface area contributed by atoms with E-state index in [0.29, 0.717) is 11.5 Å². The molecular weight excluding hydrogens is 274 g/mol. The maximum atomic E-state index is 4.41. The van der Waals surface area contributed by atoms with Crippen LogP contribution in [0.1, 0.15) is 39.0 Å². The van der Waals surface area contributed by atoms with Crippen molar-refractivity contribution in [2.24, 2.45) is 10.4 Å². The Labute approximate surface area is 136 Å². The fourth-order valence-corrected chi connectivity index (χ4v) is 3.81. The normalized spacial score (nSPS) is 27.1. The number of rotatable bonds is 5. The molecule has 0 amide bonds. The van der Waals surface area contributed by atoms with Crippen molar-refractivity contribution >= 4 is 5.96 Å². The number of likely N-dealkylation sites (N-methyl/N-ethyl adjacent to an activating group) is 2. The summed E-state index contributed by atoms with van der Waals surface area (Å²) in [6.07, 6.45) is 6.78. The van der Waals surface area contributed by atoms with Gasteiger partial charge in [0.25, 0.3) is 0 Å². The topological polar surface area (TPSA) is 42.9 Å². The molecule has 0 aromatic heterocycles. The van der Waals surface area contributed by atoms with Crippen LogP contribution in [0, 0.1) is 5.41 Å². The van der Waals surface area contributed by atoms with Crippen molar-refractivity contribution in [2.75, 3.05) is 53.9 Å². The summed E-state index contributed by atoms with van der Waals surface area (Å²) in [5.74, 6) is 0.960. The molecule has 22 heavy (non-hydrogen) atoms. The number of guanidine groups is 1. The molecule has 1 saturated carbocycles. The van der Waals surface area contributed by atoms with Crippen molar-refractivity contribution in [3.05, 3.63) is 0 Å². The molecule has 1 aliphatic heterocycles. The molecule has 5 nitrogen and oxygen atoms in total. The quantitative estimate of drug-likeness (QED) is 0.595. The van der Waals surface area contributed by atoms with Gasteiger partial charge in [-0.1, -0.05) is 19.8 Å². The first-order chi connectivity index (χ1) is 10.6. The SMILES string of the molecule is CCC1(CNC(=NC)NCC2CN(C)CCN2C)CCCC1. The maximum Gasteiger partial charge on any atom is 0.191 e. The third kappa shape index (κ3) is 4.59. The van der Waals surface area contributed by atoms with Crippen LogP contribution < -0.4 is 10.6 Å². The summed E-state index contributed by atoms with van der Waals surface area (Å²) in [5.41, 5.74) is 0.499. The Bertz CT molecular complexity index is 362. The summed E-state index contributed by atoms with van der Waals surface area (Å²) >= 11 is 0. The Balaban J connectivity index is 1.77. The first-order valence-electron chi connectivity index (χ1n) is 8.92. The predicted molar refractivity (Wildman–Crippen MR) is 94.5 cm³/mol. The Hall–Kier alpha value is -0.810. The van der Waals surface area contributed by atoms with E-state index in [1.54, 1.807) is 0 Å². The lowest BCUT2D eigenvalue weighted by Crippen LogP contribution is -2.55. The van der Waals surface area contributed by atoms with Crippen LogP contribution in [0.3, 0.4) is 0 Å². The van der Waals surface area contributed by atoms with Crippen LogP contribution in [0.5, 0.6) is 0 Å². The van der Waals surface area contributed by atoms with Gasteiger partial charge in [0.1, 0.15) is 0 Å². The minimum Gasteiger partial charge on any atom is -0.356 e. The van der Waals surface area contributed by atoms with E-state index in [1.165, 1.54) is 38.6 Å². The molecule has 1 atom stereocenters.